The summed E-state index contributed by atoms with van der Waals surface area (Å²) in [6.07, 6.45) is -3.04. The molecule has 1 amide bonds. The Labute approximate surface area is 267 Å². The molecule has 0 radical (unpaired) electrons. The number of H-pyrrole nitrogens is 1. The fraction of sp³-hybridized carbons (Fsp3) is 0.312. The van der Waals surface area contributed by atoms with Crippen LogP contribution in [0.1, 0.15) is 36.2 Å². The van der Waals surface area contributed by atoms with Crippen molar-refractivity contribution in [3.63, 3.8) is 0 Å². The van der Waals surface area contributed by atoms with E-state index in [1.807, 2.05) is 13.8 Å². The van der Waals surface area contributed by atoms with Crippen LogP contribution in [0.15, 0.2) is 76.8 Å². The number of thioether (sulfide) groups is 1. The number of hydrogen-bond donors (Lipinski definition) is 1. The average molecular weight is 662 g/mol. The number of aromatic amines is 1. The SMILES string of the molecule is CCN(CC)CCN(Cc1ccc(-c2ccc(C(F)(F)F)cc2)nc1)C(=O)Cc1nc(SCc2ccc(F)cc2)[nH]c(=O)c1Cl. The summed E-state index contributed by atoms with van der Waals surface area (Å²) >= 11 is 7.52. The number of amides is 1. The summed E-state index contributed by atoms with van der Waals surface area (Å²) < 4.78 is 52.1. The van der Waals surface area contributed by atoms with Crippen molar-refractivity contribution in [2.45, 2.75) is 43.9 Å². The van der Waals surface area contributed by atoms with Gasteiger partial charge in [-0.15, -0.1) is 0 Å². The van der Waals surface area contributed by atoms with Crippen molar-refractivity contribution in [1.29, 1.82) is 0 Å². The Kier molecular flexibility index (Phi) is 11.8. The molecule has 2 aromatic heterocycles. The largest absolute Gasteiger partial charge is 0.416 e. The number of carbonyl (C=O) groups excluding carboxylic acids is 1. The first-order chi connectivity index (χ1) is 21.5. The van der Waals surface area contributed by atoms with Crippen LogP contribution >= 0.6 is 23.4 Å². The minimum Gasteiger partial charge on any atom is -0.337 e. The first kappa shape index (κ1) is 34.1. The molecule has 0 fully saturated rings. The van der Waals surface area contributed by atoms with Gasteiger partial charge < -0.3 is 14.8 Å². The Hall–Kier alpha value is -3.74. The lowest BCUT2D eigenvalue weighted by atomic mass is 10.1. The molecule has 0 bridgehead atoms. The second-order valence-corrected chi connectivity index (χ2v) is 11.5. The molecule has 1 N–H and O–H groups in total. The van der Waals surface area contributed by atoms with Gasteiger partial charge in [-0.1, -0.05) is 67.5 Å². The summed E-state index contributed by atoms with van der Waals surface area (Å²) in [6, 6.07) is 14.2. The quantitative estimate of drug-likeness (QED) is 0.0959. The van der Waals surface area contributed by atoms with Crippen LogP contribution in [-0.4, -0.2) is 56.8 Å². The van der Waals surface area contributed by atoms with E-state index in [4.69, 9.17) is 11.6 Å². The van der Waals surface area contributed by atoms with Gasteiger partial charge in [0.05, 0.1) is 23.4 Å². The standard InChI is InChI=1S/C32H32ClF4N5O2S/c1-3-41(4-2)15-16-42(19-22-7-14-26(38-18-22)23-8-10-24(11-9-23)32(35,36)37)28(43)17-27-29(33)30(44)40-31(39-27)45-20-21-5-12-25(34)13-6-21/h5-14,18H,3-4,15-17,19-20H2,1-2H3,(H,39,40,44). The molecule has 4 rings (SSSR count). The number of halogens is 5. The summed E-state index contributed by atoms with van der Waals surface area (Å²) in [5.74, 6) is -0.216. The van der Waals surface area contributed by atoms with Crippen molar-refractivity contribution in [3.8, 4) is 11.3 Å². The topological polar surface area (TPSA) is 82.2 Å². The fourth-order valence-corrected chi connectivity index (χ4v) is 5.48. The number of alkyl halides is 3. The number of nitrogens with zero attached hydrogens (tertiary/aromatic N) is 4. The Bertz CT molecular complexity index is 1630. The van der Waals surface area contributed by atoms with Crippen LogP contribution in [0.3, 0.4) is 0 Å². The third-order valence-electron chi connectivity index (χ3n) is 7.16. The third-order valence-corrected chi connectivity index (χ3v) is 8.49. The minimum absolute atomic E-state index is 0.149. The van der Waals surface area contributed by atoms with Gasteiger partial charge in [-0.3, -0.25) is 14.6 Å². The summed E-state index contributed by atoms with van der Waals surface area (Å²) in [4.78, 5) is 41.5. The fourth-order valence-electron chi connectivity index (χ4n) is 4.49. The highest BCUT2D eigenvalue weighted by Gasteiger charge is 2.30. The van der Waals surface area contributed by atoms with E-state index in [1.165, 1.54) is 36.0 Å². The molecule has 2 heterocycles. The van der Waals surface area contributed by atoms with Crippen LogP contribution < -0.4 is 5.56 Å². The zero-order chi connectivity index (χ0) is 32.6. The van der Waals surface area contributed by atoms with E-state index in [9.17, 15) is 27.2 Å². The van der Waals surface area contributed by atoms with Crippen LogP contribution in [0.5, 0.6) is 0 Å². The third kappa shape index (κ3) is 9.62. The number of aromatic nitrogens is 3. The molecule has 0 aliphatic heterocycles. The van der Waals surface area contributed by atoms with Crippen molar-refractivity contribution in [3.05, 3.63) is 110 Å². The van der Waals surface area contributed by atoms with E-state index in [0.29, 0.717) is 30.1 Å². The average Bonchev–Trinajstić information content (AvgIpc) is 3.03. The highest BCUT2D eigenvalue weighted by atomic mass is 35.5. The predicted molar refractivity (Wildman–Crippen MR) is 167 cm³/mol. The number of hydrogen-bond acceptors (Lipinski definition) is 6. The van der Waals surface area contributed by atoms with E-state index >= 15 is 0 Å². The second kappa shape index (κ2) is 15.5. The van der Waals surface area contributed by atoms with Gasteiger partial charge in [0.25, 0.3) is 5.56 Å². The Balaban J connectivity index is 1.50. The normalized spacial score (nSPS) is 11.6. The second-order valence-electron chi connectivity index (χ2n) is 10.2. The number of nitrogens with one attached hydrogen (secondary N) is 1. The maximum absolute atomic E-state index is 13.6. The number of benzene rings is 2. The van der Waals surface area contributed by atoms with Gasteiger partial charge in [-0.05, 0) is 54.5 Å². The summed E-state index contributed by atoms with van der Waals surface area (Å²) in [6.45, 7) is 6.90. The molecule has 7 nitrogen and oxygen atoms in total. The molecule has 238 valence electrons. The molecule has 4 aromatic rings. The number of carbonyl (C=O) groups is 1. The van der Waals surface area contributed by atoms with E-state index < -0.39 is 17.3 Å². The van der Waals surface area contributed by atoms with Crippen molar-refractivity contribution >= 4 is 29.3 Å². The van der Waals surface area contributed by atoms with Gasteiger partial charge in [-0.25, -0.2) is 9.37 Å². The lowest BCUT2D eigenvalue weighted by Gasteiger charge is -2.27. The monoisotopic (exact) mass is 661 g/mol. The Morgan fingerprint density at radius 3 is 2.22 bits per heavy atom. The first-order valence-corrected chi connectivity index (χ1v) is 15.6. The molecule has 0 saturated carbocycles. The van der Waals surface area contributed by atoms with Gasteiger partial charge in [0.15, 0.2) is 5.16 Å². The molecule has 0 spiro atoms. The van der Waals surface area contributed by atoms with Gasteiger partial charge in [-0.2, -0.15) is 13.2 Å². The predicted octanol–water partition coefficient (Wildman–Crippen LogP) is 6.85. The van der Waals surface area contributed by atoms with Crippen molar-refractivity contribution < 1.29 is 22.4 Å². The van der Waals surface area contributed by atoms with Gasteiger partial charge in [0.1, 0.15) is 10.8 Å². The van der Waals surface area contributed by atoms with Crippen LogP contribution in [0.2, 0.25) is 5.02 Å². The van der Waals surface area contributed by atoms with Gasteiger partial charge in [0.2, 0.25) is 5.91 Å². The Morgan fingerprint density at radius 1 is 0.956 bits per heavy atom. The molecule has 0 unspecified atom stereocenters. The van der Waals surface area contributed by atoms with Crippen LogP contribution in [0.4, 0.5) is 17.6 Å². The molecule has 0 atom stereocenters. The molecule has 45 heavy (non-hydrogen) atoms. The summed E-state index contributed by atoms with van der Waals surface area (Å²) in [5.41, 5.74) is 1.44. The number of rotatable bonds is 13. The zero-order valence-corrected chi connectivity index (χ0v) is 26.3. The first-order valence-electron chi connectivity index (χ1n) is 14.3. The maximum Gasteiger partial charge on any atom is 0.416 e. The summed E-state index contributed by atoms with van der Waals surface area (Å²) in [5, 5.41) is 0.120. The molecular weight excluding hydrogens is 630 g/mol. The van der Waals surface area contributed by atoms with Crippen LogP contribution in [0, 0.1) is 5.82 Å². The van der Waals surface area contributed by atoms with Crippen LogP contribution in [-0.2, 0) is 29.7 Å². The maximum atomic E-state index is 13.6. The minimum atomic E-state index is -4.42. The molecule has 2 aromatic carbocycles. The summed E-state index contributed by atoms with van der Waals surface area (Å²) in [7, 11) is 0. The zero-order valence-electron chi connectivity index (χ0n) is 24.7. The lowest BCUT2D eigenvalue weighted by molar-refractivity contribution is -0.137. The number of likely N-dealkylation sites (N-methyl/N-ethyl adjacent to an activating group) is 1. The van der Waals surface area contributed by atoms with E-state index in [0.717, 1.165) is 36.3 Å². The molecule has 13 heteroatoms. The smallest absolute Gasteiger partial charge is 0.337 e. The van der Waals surface area contributed by atoms with E-state index in [1.54, 1.807) is 35.4 Å². The van der Waals surface area contributed by atoms with E-state index in [-0.39, 0.29) is 40.6 Å². The Morgan fingerprint density at radius 2 is 1.62 bits per heavy atom. The molecule has 0 aliphatic carbocycles. The highest BCUT2D eigenvalue weighted by molar-refractivity contribution is 7.98. The van der Waals surface area contributed by atoms with E-state index in [2.05, 4.69) is 19.9 Å². The van der Waals surface area contributed by atoms with Gasteiger partial charge >= 0.3 is 6.18 Å². The van der Waals surface area contributed by atoms with Crippen LogP contribution in [0.25, 0.3) is 11.3 Å². The van der Waals surface area contributed by atoms with Crippen molar-refractivity contribution in [2.24, 2.45) is 0 Å². The van der Waals surface area contributed by atoms with Gasteiger partial charge in [0, 0.05) is 37.1 Å². The van der Waals surface area contributed by atoms with Crippen molar-refractivity contribution in [2.75, 3.05) is 26.2 Å². The number of pyridine rings is 1. The molecule has 0 aliphatic rings. The lowest BCUT2D eigenvalue weighted by Crippen LogP contribution is -2.39. The molecular formula is C32H32ClF4N5O2S. The van der Waals surface area contributed by atoms with Crippen molar-refractivity contribution in [1.82, 2.24) is 24.8 Å². The molecule has 0 saturated heterocycles. The highest BCUT2D eigenvalue weighted by Crippen LogP contribution is 2.30.